The molecule has 0 bridgehead atoms. The van der Waals surface area contributed by atoms with Gasteiger partial charge in [-0.1, -0.05) is 109 Å². The lowest BCUT2D eigenvalue weighted by Crippen LogP contribution is -2.18. The molecule has 0 aliphatic carbocycles. The normalized spacial score (nSPS) is 11.7. The highest BCUT2D eigenvalue weighted by Gasteiger charge is 2.18. The van der Waals surface area contributed by atoms with Crippen molar-refractivity contribution >= 4 is 44.3 Å². The number of hydrogen-bond acceptors (Lipinski definition) is 6. The second-order valence-corrected chi connectivity index (χ2v) is 12.2. The molecule has 10 rings (SSSR count). The van der Waals surface area contributed by atoms with Gasteiger partial charge in [0.15, 0.2) is 17.5 Å². The summed E-state index contributed by atoms with van der Waals surface area (Å²) in [6, 6.07) is 49.7. The van der Waals surface area contributed by atoms with Crippen molar-refractivity contribution in [2.45, 2.75) is 0 Å². The molecule has 50 heavy (non-hydrogen) atoms. The molecular weight excluding hydrogens is 619 g/mol. The van der Waals surface area contributed by atoms with Crippen molar-refractivity contribution in [1.82, 2.24) is 33.7 Å². The zero-order valence-corrected chi connectivity index (χ0v) is 26.5. The van der Waals surface area contributed by atoms with Gasteiger partial charge in [0.05, 0.1) is 27.5 Å². The van der Waals surface area contributed by atoms with Crippen molar-refractivity contribution in [1.29, 1.82) is 0 Å². The van der Waals surface area contributed by atoms with Gasteiger partial charge < -0.3 is 0 Å². The average molecular weight is 644 g/mol. The van der Waals surface area contributed by atoms with Crippen molar-refractivity contribution in [3.05, 3.63) is 162 Å². The van der Waals surface area contributed by atoms with Crippen LogP contribution >= 0.6 is 0 Å². The Morgan fingerprint density at radius 2 is 0.960 bits per heavy atom. The second-order valence-electron chi connectivity index (χ2n) is 12.2. The molecule has 8 heteroatoms. The molecule has 4 aromatic heterocycles. The van der Waals surface area contributed by atoms with E-state index in [0.717, 1.165) is 55.4 Å². The van der Waals surface area contributed by atoms with Gasteiger partial charge in [-0.3, -0.25) is 9.20 Å². The SMILES string of the molecule is O=c1c2ccccc2nc2n1c1ccccc1c1nc3cc(-c4cccc(-c5nc(-c6ccccc6)nc(-c6ccccc6)n5)c4)ccc3n12. The smallest absolute Gasteiger partial charge is 0.267 e. The first-order valence-corrected chi connectivity index (χ1v) is 16.3. The summed E-state index contributed by atoms with van der Waals surface area (Å²) in [5.74, 6) is 2.35. The molecule has 0 saturated carbocycles. The first kappa shape index (κ1) is 28.0. The van der Waals surface area contributed by atoms with Crippen molar-refractivity contribution < 1.29 is 0 Å². The van der Waals surface area contributed by atoms with Gasteiger partial charge in [-0.25, -0.2) is 29.3 Å². The van der Waals surface area contributed by atoms with E-state index in [2.05, 4.69) is 30.3 Å². The molecule has 0 N–H and O–H groups in total. The molecule has 0 unspecified atom stereocenters. The van der Waals surface area contributed by atoms with E-state index in [1.165, 1.54) is 0 Å². The monoisotopic (exact) mass is 643 g/mol. The van der Waals surface area contributed by atoms with Gasteiger partial charge in [0, 0.05) is 22.1 Å². The van der Waals surface area contributed by atoms with Crippen LogP contribution in [0.3, 0.4) is 0 Å². The molecule has 0 atom stereocenters. The molecule has 8 nitrogen and oxygen atoms in total. The molecule has 0 spiro atoms. The van der Waals surface area contributed by atoms with Crippen LogP contribution in [-0.4, -0.2) is 33.7 Å². The van der Waals surface area contributed by atoms with Crippen molar-refractivity contribution in [3.63, 3.8) is 0 Å². The Labute approximate surface area is 284 Å². The van der Waals surface area contributed by atoms with Gasteiger partial charge in [-0.05, 0) is 53.6 Å². The molecule has 6 aromatic carbocycles. The highest BCUT2D eigenvalue weighted by atomic mass is 16.1. The van der Waals surface area contributed by atoms with Gasteiger partial charge >= 0.3 is 0 Å². The van der Waals surface area contributed by atoms with E-state index in [-0.39, 0.29) is 5.56 Å². The average Bonchev–Trinajstić information content (AvgIpc) is 3.58. The van der Waals surface area contributed by atoms with Crippen molar-refractivity contribution in [2.75, 3.05) is 0 Å². The Balaban J connectivity index is 1.15. The topological polar surface area (TPSA) is 90.3 Å². The van der Waals surface area contributed by atoms with E-state index >= 15 is 0 Å². The Kier molecular flexibility index (Phi) is 6.16. The van der Waals surface area contributed by atoms with Gasteiger partial charge in [-0.2, -0.15) is 0 Å². The van der Waals surface area contributed by atoms with Crippen LogP contribution in [0.4, 0.5) is 0 Å². The molecular formula is C42H25N7O. The van der Waals surface area contributed by atoms with Crippen LogP contribution in [-0.2, 0) is 0 Å². The van der Waals surface area contributed by atoms with Gasteiger partial charge in [0.25, 0.3) is 5.56 Å². The summed E-state index contributed by atoms with van der Waals surface area (Å²) in [5, 5.41) is 1.45. The molecule has 0 aliphatic rings. The molecule has 0 aliphatic heterocycles. The van der Waals surface area contributed by atoms with Crippen molar-refractivity contribution in [2.24, 2.45) is 0 Å². The lowest BCUT2D eigenvalue weighted by molar-refractivity contribution is 1.05. The first-order chi connectivity index (χ1) is 24.7. The molecule has 0 radical (unpaired) electrons. The lowest BCUT2D eigenvalue weighted by atomic mass is 10.0. The van der Waals surface area contributed by atoms with E-state index < -0.39 is 0 Å². The molecule has 10 aromatic rings. The minimum atomic E-state index is -0.108. The lowest BCUT2D eigenvalue weighted by Gasteiger charge is -2.11. The maximum atomic E-state index is 13.9. The van der Waals surface area contributed by atoms with E-state index in [1.54, 1.807) is 4.40 Å². The minimum Gasteiger partial charge on any atom is -0.268 e. The zero-order valence-electron chi connectivity index (χ0n) is 26.5. The highest BCUT2D eigenvalue weighted by Crippen LogP contribution is 2.32. The summed E-state index contributed by atoms with van der Waals surface area (Å²) in [6.45, 7) is 0. The van der Waals surface area contributed by atoms with Crippen LogP contribution in [0.5, 0.6) is 0 Å². The number of benzene rings is 6. The number of rotatable bonds is 4. The second kappa shape index (κ2) is 11.0. The Morgan fingerprint density at radius 1 is 0.380 bits per heavy atom. The standard InChI is InChI=1S/C42H25N7O/c50-41-31-18-7-9-20-33(31)44-42-48-36-23-22-29(25-34(36)43-40(48)32-19-8-10-21-35(32)49(41)42)28-16-11-17-30(24-28)39-46-37(26-12-3-1-4-13-26)45-38(47-39)27-14-5-2-6-15-27/h1-25H. The molecule has 0 amide bonds. The van der Waals surface area contributed by atoms with Crippen LogP contribution in [0.1, 0.15) is 0 Å². The Bertz CT molecular complexity index is 2950. The van der Waals surface area contributed by atoms with E-state index in [4.69, 9.17) is 24.9 Å². The zero-order chi connectivity index (χ0) is 33.2. The Morgan fingerprint density at radius 3 is 1.70 bits per heavy atom. The summed E-state index contributed by atoms with van der Waals surface area (Å²) in [4.78, 5) is 38.7. The van der Waals surface area contributed by atoms with E-state index in [1.807, 2.05) is 126 Å². The van der Waals surface area contributed by atoms with Crippen LogP contribution in [0.25, 0.3) is 89.6 Å². The van der Waals surface area contributed by atoms with E-state index in [0.29, 0.717) is 34.2 Å². The largest absolute Gasteiger partial charge is 0.268 e. The molecule has 234 valence electrons. The number of nitrogens with zero attached hydrogens (tertiary/aromatic N) is 7. The number of aromatic nitrogens is 7. The minimum absolute atomic E-state index is 0.108. The summed E-state index contributed by atoms with van der Waals surface area (Å²) in [5.41, 5.74) is 8.43. The molecule has 0 saturated heterocycles. The predicted octanol–water partition coefficient (Wildman–Crippen LogP) is 8.65. The van der Waals surface area contributed by atoms with Crippen LogP contribution < -0.4 is 5.56 Å². The fraction of sp³-hybridized carbons (Fsp3) is 0. The van der Waals surface area contributed by atoms with Gasteiger partial charge in [0.1, 0.15) is 5.65 Å². The van der Waals surface area contributed by atoms with Crippen LogP contribution in [0, 0.1) is 0 Å². The van der Waals surface area contributed by atoms with Crippen LogP contribution in [0.2, 0.25) is 0 Å². The van der Waals surface area contributed by atoms with Gasteiger partial charge in [0.2, 0.25) is 5.78 Å². The Hall–Kier alpha value is -7.06. The number of fused-ring (bicyclic) bond motifs is 9. The number of para-hydroxylation sites is 2. The van der Waals surface area contributed by atoms with Gasteiger partial charge in [-0.15, -0.1) is 0 Å². The maximum Gasteiger partial charge on any atom is 0.267 e. The molecule has 0 fully saturated rings. The van der Waals surface area contributed by atoms with Crippen LogP contribution in [0.15, 0.2) is 156 Å². The fourth-order valence-electron chi connectivity index (χ4n) is 6.76. The molecule has 4 heterocycles. The fourth-order valence-corrected chi connectivity index (χ4v) is 6.76. The van der Waals surface area contributed by atoms with E-state index in [9.17, 15) is 4.79 Å². The summed E-state index contributed by atoms with van der Waals surface area (Å²) in [6.07, 6.45) is 0. The summed E-state index contributed by atoms with van der Waals surface area (Å²) >= 11 is 0. The first-order valence-electron chi connectivity index (χ1n) is 16.3. The summed E-state index contributed by atoms with van der Waals surface area (Å²) < 4.78 is 3.69. The van der Waals surface area contributed by atoms with Crippen molar-refractivity contribution in [3.8, 4) is 45.3 Å². The third kappa shape index (κ3) is 4.39. The highest BCUT2D eigenvalue weighted by molar-refractivity contribution is 6.00. The number of imidazole rings is 1. The number of hydrogen-bond donors (Lipinski definition) is 0. The quantitative estimate of drug-likeness (QED) is 0.141. The summed E-state index contributed by atoms with van der Waals surface area (Å²) in [7, 11) is 0. The predicted molar refractivity (Wildman–Crippen MR) is 198 cm³/mol. The maximum absolute atomic E-state index is 13.9. The third-order valence-corrected chi connectivity index (χ3v) is 9.15. The third-order valence-electron chi connectivity index (χ3n) is 9.15.